The molecular weight excluding hydrogens is 1100 g/mol. The molecule has 22 heteroatoms. The van der Waals surface area contributed by atoms with Gasteiger partial charge in [0.25, 0.3) is 0 Å². The van der Waals surface area contributed by atoms with Crippen molar-refractivity contribution >= 4 is 23.9 Å². The van der Waals surface area contributed by atoms with Crippen LogP contribution in [-0.4, -0.2) is 191 Å². The van der Waals surface area contributed by atoms with Gasteiger partial charge in [0.05, 0.1) is 56.2 Å². The third-order valence-corrected chi connectivity index (χ3v) is 15.6. The lowest BCUT2D eigenvalue weighted by atomic mass is 9.97. The molecule has 0 aromatic rings. The number of hydrogen-bond acceptors (Lipinski definition) is 20. The van der Waals surface area contributed by atoms with E-state index in [2.05, 4.69) is 41.5 Å². The Balaban J connectivity index is 0.000000811. The topological polar surface area (TPSA) is 344 Å². The van der Waals surface area contributed by atoms with Crippen LogP contribution < -0.4 is 0 Å². The summed E-state index contributed by atoms with van der Waals surface area (Å²) in [5.41, 5.74) is 0. The summed E-state index contributed by atoms with van der Waals surface area (Å²) < 4.78 is 46.1. The van der Waals surface area contributed by atoms with Gasteiger partial charge in [0, 0.05) is 0 Å². The molecule has 3 aliphatic rings. The molecule has 0 aliphatic carbocycles. The number of carboxylic acids is 2. The Morgan fingerprint density at radius 1 is 0.345 bits per heavy atom. The molecule has 19 unspecified atom stereocenters. The van der Waals surface area contributed by atoms with Crippen LogP contribution >= 0.6 is 0 Å². The van der Waals surface area contributed by atoms with Gasteiger partial charge in [-0.05, 0) is 59.3 Å². The molecule has 3 saturated heterocycles. The van der Waals surface area contributed by atoms with E-state index >= 15 is 0 Å². The normalized spacial score (nSPS) is 29.2. The maximum Gasteiger partial charge on any atom is 0.308 e. The molecule has 19 atom stereocenters. The number of esters is 2. The first kappa shape index (κ1) is 79.3. The zero-order valence-electron chi connectivity index (χ0n) is 52.6. The maximum atomic E-state index is 13.1. The molecule has 0 saturated carbocycles. The lowest BCUT2D eigenvalue weighted by Gasteiger charge is -2.46. The summed E-state index contributed by atoms with van der Waals surface area (Å²) in [5.74, 6) is -3.24. The minimum absolute atomic E-state index is 0.112. The second-order valence-electron chi connectivity index (χ2n) is 23.3. The number of aliphatic hydroxyl groups excluding tert-OH is 8. The zero-order chi connectivity index (χ0) is 63.1. The SMILES string of the molecule is CCCC.CCCCCCCC(CC(=O)O)OC(=O)CC(CCCCCCC)OC1OC(C)C(O)C(O)C1O.CCCCCCCC(CC(=O)O)OC(=O)CC(CCCCCCC)OC1OC(C)C(O)C(O)C1OC1OC(C)C(O)C(O)C1O. The highest BCUT2D eigenvalue weighted by molar-refractivity contribution is 5.72. The average Bonchev–Trinajstić information content (AvgIpc) is 2.59. The second-order valence-corrected chi connectivity index (χ2v) is 23.3. The third kappa shape index (κ3) is 32.5. The van der Waals surface area contributed by atoms with Crippen molar-refractivity contribution < 1.29 is 108 Å². The summed E-state index contributed by atoms with van der Waals surface area (Å²) in [4.78, 5) is 48.6. The minimum atomic E-state index is -1.67. The molecular formula is C62H116O22. The van der Waals surface area contributed by atoms with Crippen LogP contribution in [0.25, 0.3) is 0 Å². The van der Waals surface area contributed by atoms with Gasteiger partial charge in [0.15, 0.2) is 18.9 Å². The van der Waals surface area contributed by atoms with Crippen LogP contribution in [0.4, 0.5) is 0 Å². The quantitative estimate of drug-likeness (QED) is 0.0204. The van der Waals surface area contributed by atoms with Gasteiger partial charge in [0.1, 0.15) is 67.1 Å². The molecule has 84 heavy (non-hydrogen) atoms. The Kier molecular flexibility index (Phi) is 43.9. The number of unbranched alkanes of at least 4 members (excludes halogenated alkanes) is 17. The van der Waals surface area contributed by atoms with Gasteiger partial charge in [-0.15, -0.1) is 0 Å². The van der Waals surface area contributed by atoms with E-state index in [0.717, 1.165) is 128 Å². The fourth-order valence-corrected chi connectivity index (χ4v) is 10.0. The largest absolute Gasteiger partial charge is 0.481 e. The van der Waals surface area contributed by atoms with Crippen molar-refractivity contribution in [2.24, 2.45) is 0 Å². The van der Waals surface area contributed by atoms with Crippen molar-refractivity contribution in [3.63, 3.8) is 0 Å². The zero-order valence-corrected chi connectivity index (χ0v) is 52.6. The van der Waals surface area contributed by atoms with Gasteiger partial charge in [-0.2, -0.15) is 0 Å². The Morgan fingerprint density at radius 3 is 0.988 bits per heavy atom. The van der Waals surface area contributed by atoms with Crippen molar-refractivity contribution in [1.29, 1.82) is 0 Å². The van der Waals surface area contributed by atoms with Crippen molar-refractivity contribution in [2.45, 2.75) is 371 Å². The number of aliphatic carboxylic acids is 2. The summed E-state index contributed by atoms with van der Waals surface area (Å²) in [6.07, 6.45) is 0.994. The van der Waals surface area contributed by atoms with Crippen LogP contribution in [0.1, 0.15) is 255 Å². The summed E-state index contributed by atoms with van der Waals surface area (Å²) in [5, 5.41) is 101. The first-order valence-electron chi connectivity index (χ1n) is 32.2. The predicted octanol–water partition coefficient (Wildman–Crippen LogP) is 8.05. The van der Waals surface area contributed by atoms with Crippen molar-refractivity contribution in [1.82, 2.24) is 0 Å². The monoisotopic (exact) mass is 1210 g/mol. The molecule has 10 N–H and O–H groups in total. The van der Waals surface area contributed by atoms with Gasteiger partial charge < -0.3 is 89.0 Å². The van der Waals surface area contributed by atoms with Gasteiger partial charge >= 0.3 is 23.9 Å². The van der Waals surface area contributed by atoms with E-state index in [-0.39, 0.29) is 25.7 Å². The molecule has 0 bridgehead atoms. The van der Waals surface area contributed by atoms with Crippen LogP contribution in [0.3, 0.4) is 0 Å². The Morgan fingerprint density at radius 2 is 0.643 bits per heavy atom. The van der Waals surface area contributed by atoms with Crippen molar-refractivity contribution in [3.8, 4) is 0 Å². The molecule has 3 fully saturated rings. The molecule has 3 heterocycles. The fraction of sp³-hybridized carbons (Fsp3) is 0.935. The van der Waals surface area contributed by atoms with Crippen LogP contribution in [-0.2, 0) is 57.1 Å². The van der Waals surface area contributed by atoms with Crippen LogP contribution in [0.15, 0.2) is 0 Å². The predicted molar refractivity (Wildman–Crippen MR) is 313 cm³/mol. The Labute approximate surface area is 501 Å². The maximum absolute atomic E-state index is 13.1. The summed E-state index contributed by atoms with van der Waals surface area (Å²) in [6, 6.07) is 0. The van der Waals surface area contributed by atoms with Gasteiger partial charge in [-0.25, -0.2) is 0 Å². The van der Waals surface area contributed by atoms with Gasteiger partial charge in [-0.1, -0.05) is 170 Å². The molecule has 0 aromatic carbocycles. The first-order chi connectivity index (χ1) is 40.0. The first-order valence-corrected chi connectivity index (χ1v) is 32.2. The highest BCUT2D eigenvalue weighted by Crippen LogP contribution is 2.32. The second kappa shape index (κ2) is 46.4. The number of carbonyl (C=O) groups is 4. The van der Waals surface area contributed by atoms with E-state index in [0.29, 0.717) is 25.7 Å². The van der Waals surface area contributed by atoms with Crippen LogP contribution in [0.5, 0.6) is 0 Å². The van der Waals surface area contributed by atoms with Crippen molar-refractivity contribution in [3.05, 3.63) is 0 Å². The summed E-state index contributed by atoms with van der Waals surface area (Å²) >= 11 is 0. The van der Waals surface area contributed by atoms with Crippen LogP contribution in [0, 0.1) is 0 Å². The molecule has 0 aromatic heterocycles. The number of aliphatic hydroxyl groups is 8. The number of hydrogen-bond donors (Lipinski definition) is 10. The van der Waals surface area contributed by atoms with Gasteiger partial charge in [0.2, 0.25) is 0 Å². The van der Waals surface area contributed by atoms with E-state index in [1.807, 2.05) is 0 Å². The Bertz CT molecular complexity index is 1690. The number of rotatable bonds is 41. The number of ether oxygens (including phenoxy) is 8. The third-order valence-electron chi connectivity index (χ3n) is 15.6. The summed E-state index contributed by atoms with van der Waals surface area (Å²) in [7, 11) is 0. The van der Waals surface area contributed by atoms with Gasteiger partial charge in [-0.3, -0.25) is 19.2 Å². The lowest BCUT2D eigenvalue weighted by Crippen LogP contribution is -2.63. The molecule has 3 aliphatic heterocycles. The molecule has 0 spiro atoms. The van der Waals surface area contributed by atoms with E-state index in [4.69, 9.17) is 37.9 Å². The average molecular weight is 1210 g/mol. The van der Waals surface area contributed by atoms with E-state index < -0.39 is 140 Å². The molecule has 496 valence electrons. The molecule has 3 rings (SSSR count). The lowest BCUT2D eigenvalue weighted by molar-refractivity contribution is -0.366. The highest BCUT2D eigenvalue weighted by Gasteiger charge is 2.50. The molecule has 0 amide bonds. The summed E-state index contributed by atoms with van der Waals surface area (Å²) in [6.45, 7) is 17.4. The standard InChI is InChI=1S/C32H58O13.C26H48O9.C4H10/c1-5-7-9-11-13-15-21(17-23(33)34)43-24(35)18-22(16-14-12-10-8-6-2)44-32-30(28(39)26(37)20(4)42-32)45-31-29(40)27(38)25(36)19(3)41-31;1-4-6-8-10-12-14-19(16-21(27)28)34-22(29)17-20(15-13-11-9-7-5-2)35-26-25(32)24(31)23(30)18(3)33-26;1-3-4-2/h19-22,25-32,36-40H,5-18H2,1-4H3,(H,33,34);18-20,23-26,30-32H,4-17H2,1-3H3,(H,27,28);3-4H2,1-2H3. The highest BCUT2D eigenvalue weighted by atomic mass is 16.8. The van der Waals surface area contributed by atoms with E-state index in [1.165, 1.54) is 19.8 Å². The number of carbonyl (C=O) groups excluding carboxylic acids is 2. The minimum Gasteiger partial charge on any atom is -0.481 e. The van der Waals surface area contributed by atoms with Crippen LogP contribution in [0.2, 0.25) is 0 Å². The fourth-order valence-electron chi connectivity index (χ4n) is 10.0. The smallest absolute Gasteiger partial charge is 0.308 e. The Hall–Kier alpha value is -2.68. The number of carboxylic acid groups (broad SMARTS) is 2. The molecule has 0 radical (unpaired) electrons. The molecule has 22 nitrogen and oxygen atoms in total. The van der Waals surface area contributed by atoms with E-state index in [9.17, 15) is 70.2 Å². The van der Waals surface area contributed by atoms with Crippen molar-refractivity contribution in [2.75, 3.05) is 0 Å². The van der Waals surface area contributed by atoms with E-state index in [1.54, 1.807) is 13.8 Å².